The van der Waals surface area contributed by atoms with Crippen molar-refractivity contribution in [2.24, 2.45) is 0 Å². The number of fused-ring (bicyclic) bond motifs is 1. The third-order valence-electron chi connectivity index (χ3n) is 6.49. The molecule has 0 unspecified atom stereocenters. The number of carboxylic acids is 1. The molecule has 5 aromatic rings. The molecule has 3 aromatic carbocycles. The topological polar surface area (TPSA) is 83.7 Å². The summed E-state index contributed by atoms with van der Waals surface area (Å²) in [5.74, 6) is -3.40. The molecule has 39 heavy (non-hydrogen) atoms. The maximum absolute atomic E-state index is 14.0. The fourth-order valence-electron chi connectivity index (χ4n) is 4.41. The molecule has 0 spiro atoms. The fourth-order valence-corrected chi connectivity index (χ4v) is 4.53. The zero-order chi connectivity index (χ0) is 27.7. The number of benzene rings is 3. The minimum absolute atomic E-state index is 0.143. The van der Waals surface area contributed by atoms with Crippen LogP contribution in [-0.4, -0.2) is 26.4 Å². The molecule has 1 atom stereocenters. The van der Waals surface area contributed by atoms with Crippen LogP contribution < -0.4 is 5.32 Å². The fraction of sp³-hybridized carbons (Fsp3) is 0.100. The molecular weight excluding hydrogens is 524 g/mol. The van der Waals surface area contributed by atoms with Gasteiger partial charge in [-0.25, -0.2) is 18.6 Å². The zero-order valence-corrected chi connectivity index (χ0v) is 21.4. The van der Waals surface area contributed by atoms with E-state index in [1.165, 1.54) is 18.2 Å². The van der Waals surface area contributed by atoms with E-state index in [0.717, 1.165) is 23.3 Å². The van der Waals surface area contributed by atoms with Gasteiger partial charge in [0, 0.05) is 17.6 Å². The number of amides is 1. The largest absolute Gasteiger partial charge is 0.478 e. The van der Waals surface area contributed by atoms with Crippen molar-refractivity contribution < 1.29 is 23.5 Å². The molecule has 6 nitrogen and oxygen atoms in total. The van der Waals surface area contributed by atoms with E-state index in [2.05, 4.69) is 10.3 Å². The molecule has 2 heterocycles. The van der Waals surface area contributed by atoms with Crippen molar-refractivity contribution >= 4 is 29.0 Å². The molecule has 0 aliphatic rings. The summed E-state index contributed by atoms with van der Waals surface area (Å²) < 4.78 is 29.3. The Balaban J connectivity index is 1.56. The van der Waals surface area contributed by atoms with Crippen molar-refractivity contribution in [3.05, 3.63) is 130 Å². The standard InChI is InChI=1S/C30H22ClF2N3O3/c1-17(19-4-6-20(7-5-19)30(38)39)35-29(37)24-13-22(21-8-11-25(32)26(33)14-21)15-36-16-34-27(28(24)36)12-18-2-9-23(31)10-3-18/h2-11,13-17H,12H2,1H3,(H,35,37)(H,38,39)/t17-/m0/s1. The second-order valence-electron chi connectivity index (χ2n) is 9.14. The van der Waals surface area contributed by atoms with Crippen molar-refractivity contribution in [1.29, 1.82) is 0 Å². The van der Waals surface area contributed by atoms with Gasteiger partial charge in [-0.1, -0.05) is 41.9 Å². The lowest BCUT2D eigenvalue weighted by Gasteiger charge is -2.16. The number of aromatic carboxylic acids is 1. The van der Waals surface area contributed by atoms with Gasteiger partial charge in [0.05, 0.1) is 34.7 Å². The summed E-state index contributed by atoms with van der Waals surface area (Å²) in [6.45, 7) is 1.79. The third kappa shape index (κ3) is 5.51. The average Bonchev–Trinajstić information content (AvgIpc) is 3.33. The number of carbonyl (C=O) groups is 2. The third-order valence-corrected chi connectivity index (χ3v) is 6.74. The lowest BCUT2D eigenvalue weighted by atomic mass is 10.0. The first-order valence-electron chi connectivity index (χ1n) is 12.0. The van der Waals surface area contributed by atoms with Gasteiger partial charge in [0.15, 0.2) is 11.6 Å². The van der Waals surface area contributed by atoms with Crippen LogP contribution in [0.15, 0.2) is 85.3 Å². The highest BCUT2D eigenvalue weighted by atomic mass is 35.5. The van der Waals surface area contributed by atoms with Crippen LogP contribution in [-0.2, 0) is 6.42 Å². The maximum atomic E-state index is 14.0. The number of carboxylic acid groups (broad SMARTS) is 1. The summed E-state index contributed by atoms with van der Waals surface area (Å²) in [7, 11) is 0. The molecule has 0 radical (unpaired) electrons. The summed E-state index contributed by atoms with van der Waals surface area (Å²) in [4.78, 5) is 29.4. The van der Waals surface area contributed by atoms with Gasteiger partial charge in [0.2, 0.25) is 0 Å². The Hall–Kier alpha value is -4.56. The number of imidazole rings is 1. The lowest BCUT2D eigenvalue weighted by Crippen LogP contribution is -2.27. The van der Waals surface area contributed by atoms with E-state index in [9.17, 15) is 18.4 Å². The quantitative estimate of drug-likeness (QED) is 0.238. The summed E-state index contributed by atoms with van der Waals surface area (Å²) in [6.07, 6.45) is 3.73. The summed E-state index contributed by atoms with van der Waals surface area (Å²) >= 11 is 6.02. The van der Waals surface area contributed by atoms with Gasteiger partial charge in [-0.3, -0.25) is 4.79 Å². The first kappa shape index (κ1) is 26.1. The van der Waals surface area contributed by atoms with Crippen LogP contribution in [0.2, 0.25) is 5.02 Å². The molecule has 9 heteroatoms. The van der Waals surface area contributed by atoms with Crippen molar-refractivity contribution in [2.75, 3.05) is 0 Å². The van der Waals surface area contributed by atoms with Crippen molar-refractivity contribution in [3.8, 4) is 11.1 Å². The number of rotatable bonds is 7. The van der Waals surface area contributed by atoms with Crippen LogP contribution in [0, 0.1) is 11.6 Å². The predicted octanol–water partition coefficient (Wildman–Crippen LogP) is 6.71. The van der Waals surface area contributed by atoms with E-state index in [4.69, 9.17) is 16.7 Å². The van der Waals surface area contributed by atoms with Gasteiger partial charge < -0.3 is 14.8 Å². The molecule has 0 saturated heterocycles. The number of pyridine rings is 1. The summed E-state index contributed by atoms with van der Waals surface area (Å²) in [6, 6.07) is 18.3. The highest BCUT2D eigenvalue weighted by Gasteiger charge is 2.20. The Morgan fingerprint density at radius 1 is 0.974 bits per heavy atom. The second kappa shape index (κ2) is 10.7. The van der Waals surface area contributed by atoms with E-state index in [-0.39, 0.29) is 5.56 Å². The molecule has 0 bridgehead atoms. The maximum Gasteiger partial charge on any atom is 0.335 e. The van der Waals surface area contributed by atoms with Crippen LogP contribution in [0.5, 0.6) is 0 Å². The normalized spacial score (nSPS) is 11.9. The van der Waals surface area contributed by atoms with Crippen LogP contribution >= 0.6 is 11.6 Å². The first-order valence-corrected chi connectivity index (χ1v) is 12.4. The summed E-state index contributed by atoms with van der Waals surface area (Å²) in [5, 5.41) is 12.7. The van der Waals surface area contributed by atoms with Gasteiger partial charge in [0.25, 0.3) is 5.91 Å². The van der Waals surface area contributed by atoms with Gasteiger partial charge in [-0.2, -0.15) is 0 Å². The Morgan fingerprint density at radius 2 is 1.69 bits per heavy atom. The van der Waals surface area contributed by atoms with Crippen molar-refractivity contribution in [3.63, 3.8) is 0 Å². The predicted molar refractivity (Wildman–Crippen MR) is 144 cm³/mol. The highest BCUT2D eigenvalue weighted by Crippen LogP contribution is 2.28. The molecule has 0 fully saturated rings. The van der Waals surface area contributed by atoms with E-state index in [1.54, 1.807) is 54.2 Å². The second-order valence-corrected chi connectivity index (χ2v) is 9.58. The molecule has 2 aromatic heterocycles. The minimum atomic E-state index is -1.04. The van der Waals surface area contributed by atoms with Crippen LogP contribution in [0.25, 0.3) is 16.6 Å². The zero-order valence-electron chi connectivity index (χ0n) is 20.7. The van der Waals surface area contributed by atoms with Crippen LogP contribution in [0.4, 0.5) is 8.78 Å². The average molecular weight is 546 g/mol. The smallest absolute Gasteiger partial charge is 0.335 e. The number of nitrogens with one attached hydrogen (secondary N) is 1. The minimum Gasteiger partial charge on any atom is -0.478 e. The Kier molecular flexibility index (Phi) is 7.13. The molecule has 5 rings (SSSR count). The first-order chi connectivity index (χ1) is 18.7. The number of hydrogen-bond acceptors (Lipinski definition) is 3. The number of nitrogens with zero attached hydrogens (tertiary/aromatic N) is 2. The Morgan fingerprint density at radius 3 is 2.36 bits per heavy atom. The Bertz CT molecular complexity index is 1700. The molecule has 0 saturated carbocycles. The highest BCUT2D eigenvalue weighted by molar-refractivity contribution is 6.30. The van der Waals surface area contributed by atoms with Gasteiger partial charge >= 0.3 is 5.97 Å². The molecule has 1 amide bonds. The number of aromatic nitrogens is 2. The van der Waals surface area contributed by atoms with Crippen molar-refractivity contribution in [2.45, 2.75) is 19.4 Å². The Labute approximate surface area is 227 Å². The summed E-state index contributed by atoms with van der Waals surface area (Å²) in [5.41, 5.74) is 4.23. The lowest BCUT2D eigenvalue weighted by molar-refractivity contribution is 0.0696. The van der Waals surface area contributed by atoms with Gasteiger partial charge in [-0.15, -0.1) is 0 Å². The van der Waals surface area contributed by atoms with Crippen molar-refractivity contribution in [1.82, 2.24) is 14.7 Å². The molecule has 2 N–H and O–H groups in total. The number of halogens is 3. The number of hydrogen-bond donors (Lipinski definition) is 2. The van der Waals surface area contributed by atoms with Crippen LogP contribution in [0.3, 0.4) is 0 Å². The monoisotopic (exact) mass is 545 g/mol. The van der Waals surface area contributed by atoms with E-state index < -0.39 is 29.6 Å². The van der Waals surface area contributed by atoms with Gasteiger partial charge in [-0.05, 0) is 71.6 Å². The van der Waals surface area contributed by atoms with E-state index >= 15 is 0 Å². The SMILES string of the molecule is C[C@H](NC(=O)c1cc(-c2ccc(F)c(F)c2)cn2cnc(Cc3ccc(Cl)cc3)c12)c1ccc(C(=O)O)cc1. The van der Waals surface area contributed by atoms with Gasteiger partial charge in [0.1, 0.15) is 0 Å². The van der Waals surface area contributed by atoms with E-state index in [0.29, 0.717) is 39.3 Å². The number of carbonyl (C=O) groups excluding carboxylic acids is 1. The van der Waals surface area contributed by atoms with Crippen LogP contribution in [0.1, 0.15) is 50.5 Å². The molecule has 0 aliphatic heterocycles. The molecule has 0 aliphatic carbocycles. The molecular formula is C30H22ClF2N3O3. The molecule has 196 valence electrons. The van der Waals surface area contributed by atoms with E-state index in [1.807, 2.05) is 12.1 Å².